The standard InChI is InChI=1S/C18H19NO5/c1-3-23-16(20)11-13-12-7-4-5-8-14(12)19(18(21)22-2)17(13)15-9-6-10-24-15/h4-10,13,17H,3,11H2,1-2H3/t13-,17+/m0/s1. The molecule has 6 heteroatoms. The third-order valence-electron chi connectivity index (χ3n) is 4.15. The van der Waals surface area contributed by atoms with Crippen LogP contribution in [0.15, 0.2) is 47.1 Å². The van der Waals surface area contributed by atoms with Crippen molar-refractivity contribution >= 4 is 17.7 Å². The van der Waals surface area contributed by atoms with Crippen LogP contribution in [0.1, 0.15) is 36.6 Å². The van der Waals surface area contributed by atoms with Crippen molar-refractivity contribution in [3.63, 3.8) is 0 Å². The van der Waals surface area contributed by atoms with E-state index in [4.69, 9.17) is 13.9 Å². The van der Waals surface area contributed by atoms with Crippen LogP contribution in [0.25, 0.3) is 0 Å². The molecule has 0 aliphatic carbocycles. The molecule has 1 aliphatic heterocycles. The van der Waals surface area contributed by atoms with E-state index in [-0.39, 0.29) is 18.3 Å². The van der Waals surface area contributed by atoms with Crippen molar-refractivity contribution in [3.8, 4) is 0 Å². The first-order chi connectivity index (χ1) is 11.7. The van der Waals surface area contributed by atoms with Gasteiger partial charge in [-0.3, -0.25) is 9.69 Å². The molecule has 3 rings (SSSR count). The van der Waals surface area contributed by atoms with Gasteiger partial charge in [0, 0.05) is 5.92 Å². The fourth-order valence-electron chi connectivity index (χ4n) is 3.24. The predicted octanol–water partition coefficient (Wildman–Crippen LogP) is 3.64. The first-order valence-electron chi connectivity index (χ1n) is 7.82. The van der Waals surface area contributed by atoms with Gasteiger partial charge in [0.05, 0.1) is 32.1 Å². The number of hydrogen-bond acceptors (Lipinski definition) is 5. The van der Waals surface area contributed by atoms with Crippen molar-refractivity contribution in [1.29, 1.82) is 0 Å². The fraction of sp³-hybridized carbons (Fsp3) is 0.333. The number of para-hydroxylation sites is 1. The third-order valence-corrected chi connectivity index (χ3v) is 4.15. The van der Waals surface area contributed by atoms with E-state index < -0.39 is 12.1 Å². The molecule has 1 amide bonds. The number of nitrogens with zero attached hydrogens (tertiary/aromatic N) is 1. The number of anilines is 1. The Morgan fingerprint density at radius 2 is 2.00 bits per heavy atom. The zero-order valence-electron chi connectivity index (χ0n) is 13.6. The summed E-state index contributed by atoms with van der Waals surface area (Å²) in [5.41, 5.74) is 1.62. The number of benzene rings is 1. The van der Waals surface area contributed by atoms with E-state index in [1.165, 1.54) is 12.0 Å². The van der Waals surface area contributed by atoms with Crippen LogP contribution < -0.4 is 4.90 Å². The lowest BCUT2D eigenvalue weighted by Gasteiger charge is -2.25. The molecule has 0 bridgehead atoms. The number of esters is 1. The Morgan fingerprint density at radius 3 is 2.67 bits per heavy atom. The molecule has 6 nitrogen and oxygen atoms in total. The molecule has 0 fully saturated rings. The van der Waals surface area contributed by atoms with Crippen molar-refractivity contribution in [2.75, 3.05) is 18.6 Å². The van der Waals surface area contributed by atoms with Crippen LogP contribution in [0, 0.1) is 0 Å². The molecule has 0 unspecified atom stereocenters. The molecule has 1 aliphatic rings. The molecule has 2 heterocycles. The summed E-state index contributed by atoms with van der Waals surface area (Å²) in [5, 5.41) is 0. The van der Waals surface area contributed by atoms with Gasteiger partial charge >= 0.3 is 12.1 Å². The van der Waals surface area contributed by atoms with Crippen molar-refractivity contribution < 1.29 is 23.5 Å². The molecule has 1 aromatic heterocycles. The highest BCUT2D eigenvalue weighted by atomic mass is 16.5. The molecular formula is C18H19NO5. The van der Waals surface area contributed by atoms with Gasteiger partial charge in [0.15, 0.2) is 0 Å². The van der Waals surface area contributed by atoms with E-state index in [9.17, 15) is 9.59 Å². The molecular weight excluding hydrogens is 310 g/mol. The molecule has 0 N–H and O–H groups in total. The average molecular weight is 329 g/mol. The quantitative estimate of drug-likeness (QED) is 0.801. The highest BCUT2D eigenvalue weighted by Crippen LogP contribution is 2.50. The number of furan rings is 1. The Hall–Kier alpha value is -2.76. The number of fused-ring (bicyclic) bond motifs is 1. The van der Waals surface area contributed by atoms with Gasteiger partial charge in [-0.1, -0.05) is 18.2 Å². The first-order valence-corrected chi connectivity index (χ1v) is 7.82. The van der Waals surface area contributed by atoms with E-state index in [0.717, 1.165) is 11.3 Å². The Bertz CT molecular complexity index is 725. The summed E-state index contributed by atoms with van der Waals surface area (Å²) in [5.74, 6) is 0.0389. The second kappa shape index (κ2) is 6.78. The minimum absolute atomic E-state index is 0.156. The third kappa shape index (κ3) is 2.75. The summed E-state index contributed by atoms with van der Waals surface area (Å²) in [6, 6.07) is 10.6. The van der Waals surface area contributed by atoms with Crippen molar-refractivity contribution in [2.45, 2.75) is 25.3 Å². The molecule has 0 spiro atoms. The second-order valence-electron chi connectivity index (χ2n) is 5.47. The number of rotatable bonds is 4. The van der Waals surface area contributed by atoms with Gasteiger partial charge in [0.25, 0.3) is 0 Å². The van der Waals surface area contributed by atoms with Crippen LogP contribution in [-0.4, -0.2) is 25.8 Å². The lowest BCUT2D eigenvalue weighted by Crippen LogP contribution is -2.33. The number of hydrogen-bond donors (Lipinski definition) is 0. The number of amides is 1. The van der Waals surface area contributed by atoms with Crippen LogP contribution in [-0.2, 0) is 14.3 Å². The van der Waals surface area contributed by atoms with Crippen LogP contribution in [0.2, 0.25) is 0 Å². The minimum atomic E-state index is -0.491. The van der Waals surface area contributed by atoms with E-state index in [1.54, 1.807) is 25.3 Å². The predicted molar refractivity (Wildman–Crippen MR) is 86.8 cm³/mol. The molecule has 24 heavy (non-hydrogen) atoms. The van der Waals surface area contributed by atoms with E-state index in [0.29, 0.717) is 12.4 Å². The van der Waals surface area contributed by atoms with Crippen molar-refractivity contribution in [2.24, 2.45) is 0 Å². The van der Waals surface area contributed by atoms with E-state index >= 15 is 0 Å². The lowest BCUT2D eigenvalue weighted by atomic mass is 9.90. The highest BCUT2D eigenvalue weighted by molar-refractivity contribution is 5.92. The largest absolute Gasteiger partial charge is 0.467 e. The van der Waals surface area contributed by atoms with Gasteiger partial charge in [-0.15, -0.1) is 0 Å². The van der Waals surface area contributed by atoms with Gasteiger partial charge in [-0.25, -0.2) is 4.79 Å². The van der Waals surface area contributed by atoms with Crippen molar-refractivity contribution in [3.05, 3.63) is 54.0 Å². The molecule has 1 aromatic carbocycles. The van der Waals surface area contributed by atoms with Gasteiger partial charge < -0.3 is 13.9 Å². The Kier molecular flexibility index (Phi) is 4.55. The zero-order valence-corrected chi connectivity index (χ0v) is 13.6. The summed E-state index contributed by atoms with van der Waals surface area (Å²) in [6.45, 7) is 2.09. The summed E-state index contributed by atoms with van der Waals surface area (Å²) >= 11 is 0. The molecule has 126 valence electrons. The fourth-order valence-corrected chi connectivity index (χ4v) is 3.24. The first kappa shape index (κ1) is 16.1. The van der Waals surface area contributed by atoms with Gasteiger partial charge in [-0.05, 0) is 30.7 Å². The molecule has 0 saturated carbocycles. The molecule has 2 atom stereocenters. The summed E-state index contributed by atoms with van der Waals surface area (Å²) in [6.07, 6.45) is 1.22. The number of ether oxygens (including phenoxy) is 2. The maximum Gasteiger partial charge on any atom is 0.414 e. The highest BCUT2D eigenvalue weighted by Gasteiger charge is 2.45. The lowest BCUT2D eigenvalue weighted by molar-refractivity contribution is -0.143. The zero-order chi connectivity index (χ0) is 17.1. The average Bonchev–Trinajstić information content (AvgIpc) is 3.21. The minimum Gasteiger partial charge on any atom is -0.467 e. The molecule has 0 radical (unpaired) electrons. The van der Waals surface area contributed by atoms with Crippen LogP contribution in [0.5, 0.6) is 0 Å². The van der Waals surface area contributed by atoms with E-state index in [1.807, 2.05) is 24.3 Å². The van der Waals surface area contributed by atoms with Gasteiger partial charge in [0.2, 0.25) is 0 Å². The number of carbonyl (C=O) groups excluding carboxylic acids is 2. The smallest absolute Gasteiger partial charge is 0.414 e. The molecule has 2 aromatic rings. The summed E-state index contributed by atoms with van der Waals surface area (Å²) in [7, 11) is 1.34. The Balaban J connectivity index is 2.06. The van der Waals surface area contributed by atoms with Gasteiger partial charge in [0.1, 0.15) is 11.8 Å². The Morgan fingerprint density at radius 1 is 1.21 bits per heavy atom. The number of methoxy groups -OCH3 is 1. The van der Waals surface area contributed by atoms with E-state index in [2.05, 4.69) is 0 Å². The maximum absolute atomic E-state index is 12.4. The summed E-state index contributed by atoms with van der Waals surface area (Å²) < 4.78 is 15.6. The monoisotopic (exact) mass is 329 g/mol. The van der Waals surface area contributed by atoms with Gasteiger partial charge in [-0.2, -0.15) is 0 Å². The SMILES string of the molecule is CCOC(=O)C[C@H]1c2ccccc2N(C(=O)OC)[C@H]1c1ccco1. The maximum atomic E-state index is 12.4. The van der Waals surface area contributed by atoms with Crippen LogP contribution in [0.4, 0.5) is 10.5 Å². The van der Waals surface area contributed by atoms with Crippen LogP contribution >= 0.6 is 0 Å². The van der Waals surface area contributed by atoms with Crippen LogP contribution in [0.3, 0.4) is 0 Å². The Labute approximate surface area is 140 Å². The molecule has 0 saturated heterocycles. The second-order valence-corrected chi connectivity index (χ2v) is 5.47. The number of carbonyl (C=O) groups is 2. The normalized spacial score (nSPS) is 19.0. The summed E-state index contributed by atoms with van der Waals surface area (Å²) in [4.78, 5) is 26.0. The topological polar surface area (TPSA) is 69.0 Å². The van der Waals surface area contributed by atoms with Crippen molar-refractivity contribution in [1.82, 2.24) is 0 Å².